The van der Waals surface area contributed by atoms with Crippen LogP contribution < -0.4 is 10.8 Å². The van der Waals surface area contributed by atoms with Crippen molar-refractivity contribution >= 4 is 40.2 Å². The van der Waals surface area contributed by atoms with Crippen molar-refractivity contribution in [2.45, 2.75) is 32.2 Å². The smallest absolute Gasteiger partial charge is 0.202 e. The summed E-state index contributed by atoms with van der Waals surface area (Å²) in [6, 6.07) is 6.54. The van der Waals surface area contributed by atoms with Gasteiger partial charge in [0.1, 0.15) is 5.82 Å². The molecule has 0 bridgehead atoms. The molecule has 0 spiro atoms. The van der Waals surface area contributed by atoms with Crippen LogP contribution in [0.4, 0.5) is 16.0 Å². The van der Waals surface area contributed by atoms with Gasteiger partial charge < -0.3 is 15.2 Å². The normalized spacial score (nSPS) is 14.4. The number of halogens is 2. The Labute approximate surface area is 184 Å². The van der Waals surface area contributed by atoms with E-state index in [0.29, 0.717) is 28.4 Å². The largest absolute Gasteiger partial charge is 0.356 e. The minimum Gasteiger partial charge on any atom is -0.356 e. The topological polar surface area (TPSA) is 101 Å². The van der Waals surface area contributed by atoms with Gasteiger partial charge in [0.05, 0.1) is 16.2 Å². The second-order valence-corrected chi connectivity index (χ2v) is 7.86. The number of aromatic nitrogens is 3. The highest BCUT2D eigenvalue weighted by atomic mass is 35.5. The third-order valence-corrected chi connectivity index (χ3v) is 5.57. The molecule has 1 fully saturated rings. The zero-order valence-corrected chi connectivity index (χ0v) is 18.0. The molecule has 0 radical (unpaired) electrons. The van der Waals surface area contributed by atoms with E-state index >= 15 is 0 Å². The molecule has 1 aromatic carbocycles. The Bertz CT molecular complexity index is 1080. The minimum absolute atomic E-state index is 0.0465. The number of fused-ring (bicyclic) bond motifs is 1. The van der Waals surface area contributed by atoms with E-state index in [1.807, 2.05) is 0 Å². The number of aromatic amines is 1. The molecule has 1 aliphatic rings. The molecule has 0 aliphatic heterocycles. The van der Waals surface area contributed by atoms with Crippen LogP contribution in [0.1, 0.15) is 31.7 Å². The first kappa shape index (κ1) is 21.5. The second-order valence-electron chi connectivity index (χ2n) is 7.45. The van der Waals surface area contributed by atoms with E-state index in [1.54, 1.807) is 12.3 Å². The standard InChI is InChI=1S/C21H25ClFN7O/c1-2-30(14-5-6-14)11-3-9-25-21-27-18-15(8-10-24-20(18)28-21)19(29-31)26-13-4-7-17(23)16(22)12-13/h4,7-8,10,12,14,31H,2-3,5-6,9,11H2,1H3,(H,26,29)(H2,24,25,27,28). The summed E-state index contributed by atoms with van der Waals surface area (Å²) < 4.78 is 13.4. The average Bonchev–Trinajstić information content (AvgIpc) is 3.52. The first-order chi connectivity index (χ1) is 15.1. The third-order valence-electron chi connectivity index (χ3n) is 5.28. The van der Waals surface area contributed by atoms with E-state index < -0.39 is 5.82 Å². The molecule has 8 nitrogen and oxygen atoms in total. The van der Waals surface area contributed by atoms with Crippen LogP contribution >= 0.6 is 11.6 Å². The van der Waals surface area contributed by atoms with Crippen LogP contribution in [-0.4, -0.2) is 56.6 Å². The molecule has 3 aromatic rings. The van der Waals surface area contributed by atoms with Crippen molar-refractivity contribution in [1.29, 1.82) is 0 Å². The molecule has 4 rings (SSSR count). The third kappa shape index (κ3) is 5.12. The van der Waals surface area contributed by atoms with Gasteiger partial charge >= 0.3 is 0 Å². The van der Waals surface area contributed by atoms with Crippen LogP contribution in [0.3, 0.4) is 0 Å². The van der Waals surface area contributed by atoms with Gasteiger partial charge in [-0.1, -0.05) is 18.5 Å². The number of benzene rings is 1. The van der Waals surface area contributed by atoms with E-state index in [9.17, 15) is 9.60 Å². The number of nitrogens with zero attached hydrogens (tertiary/aromatic N) is 4. The van der Waals surface area contributed by atoms with Gasteiger partial charge in [0.25, 0.3) is 0 Å². The van der Waals surface area contributed by atoms with Crippen LogP contribution in [0, 0.1) is 5.82 Å². The Morgan fingerprint density at radius 2 is 2.23 bits per heavy atom. The highest BCUT2D eigenvalue weighted by Gasteiger charge is 2.27. The van der Waals surface area contributed by atoms with Crippen LogP contribution in [-0.2, 0) is 0 Å². The highest BCUT2D eigenvalue weighted by Crippen LogP contribution is 2.26. The highest BCUT2D eigenvalue weighted by molar-refractivity contribution is 6.31. The predicted molar refractivity (Wildman–Crippen MR) is 120 cm³/mol. The number of hydrogen-bond donors (Lipinski definition) is 4. The summed E-state index contributed by atoms with van der Waals surface area (Å²) in [5, 5.41) is 12.9. The van der Waals surface area contributed by atoms with Crippen LogP contribution in [0.5, 0.6) is 0 Å². The Kier molecular flexibility index (Phi) is 6.64. The summed E-state index contributed by atoms with van der Waals surface area (Å²) in [5.74, 6) is 0.230. The van der Waals surface area contributed by atoms with Gasteiger partial charge in [-0.15, -0.1) is 0 Å². The first-order valence-electron chi connectivity index (χ1n) is 10.4. The van der Waals surface area contributed by atoms with E-state index in [0.717, 1.165) is 32.1 Å². The van der Waals surface area contributed by atoms with E-state index in [1.165, 1.54) is 31.0 Å². The van der Waals surface area contributed by atoms with Crippen LogP contribution in [0.15, 0.2) is 35.5 Å². The zero-order valence-electron chi connectivity index (χ0n) is 17.2. The summed E-state index contributed by atoms with van der Waals surface area (Å²) in [4.78, 5) is 18.8. The molecule has 10 heteroatoms. The van der Waals surface area contributed by atoms with Crippen molar-refractivity contribution in [2.75, 3.05) is 25.0 Å². The van der Waals surface area contributed by atoms with Crippen molar-refractivity contribution in [3.8, 4) is 0 Å². The van der Waals surface area contributed by atoms with E-state index in [2.05, 4.69) is 42.6 Å². The summed E-state index contributed by atoms with van der Waals surface area (Å²) in [5.41, 5.74) is 4.17. The number of aliphatic imine (C=N–C) groups is 1. The molecular formula is C21H25ClFN7O. The number of hydrogen-bond acceptors (Lipinski definition) is 6. The quantitative estimate of drug-likeness (QED) is 0.171. The number of nitrogens with one attached hydrogen (secondary N) is 3. The Morgan fingerprint density at radius 3 is 2.94 bits per heavy atom. The maximum Gasteiger partial charge on any atom is 0.202 e. The molecule has 0 atom stereocenters. The lowest BCUT2D eigenvalue weighted by molar-refractivity contribution is 0.235. The number of rotatable bonds is 9. The summed E-state index contributed by atoms with van der Waals surface area (Å²) in [6.45, 7) is 5.12. The molecule has 0 saturated heterocycles. The SMILES string of the molecule is CCN(CCCNc1nc2nccc(C(=Nc3ccc(F)c(Cl)c3)NO)c2[nH]1)C1CC1. The molecule has 2 aromatic heterocycles. The van der Waals surface area contributed by atoms with Crippen LogP contribution in [0.25, 0.3) is 11.2 Å². The maximum atomic E-state index is 13.4. The molecule has 1 saturated carbocycles. The average molecular weight is 446 g/mol. The van der Waals surface area contributed by atoms with Crippen molar-refractivity contribution < 1.29 is 9.60 Å². The molecule has 1 aliphatic carbocycles. The molecule has 2 heterocycles. The van der Waals surface area contributed by atoms with Gasteiger partial charge in [-0.2, -0.15) is 4.98 Å². The molecule has 164 valence electrons. The van der Waals surface area contributed by atoms with Gasteiger partial charge in [0.15, 0.2) is 11.5 Å². The van der Waals surface area contributed by atoms with E-state index in [-0.39, 0.29) is 10.9 Å². The zero-order chi connectivity index (χ0) is 21.8. The maximum absolute atomic E-state index is 13.4. The monoisotopic (exact) mass is 445 g/mol. The number of H-pyrrole nitrogens is 1. The fourth-order valence-corrected chi connectivity index (χ4v) is 3.72. The summed E-state index contributed by atoms with van der Waals surface area (Å²) in [7, 11) is 0. The first-order valence-corrected chi connectivity index (χ1v) is 10.7. The van der Waals surface area contributed by atoms with Gasteiger partial charge in [0.2, 0.25) is 5.95 Å². The Morgan fingerprint density at radius 1 is 1.39 bits per heavy atom. The summed E-state index contributed by atoms with van der Waals surface area (Å²) >= 11 is 5.83. The fraction of sp³-hybridized carbons (Fsp3) is 0.381. The molecular weight excluding hydrogens is 421 g/mol. The lowest BCUT2D eigenvalue weighted by Gasteiger charge is -2.19. The van der Waals surface area contributed by atoms with Crippen molar-refractivity contribution in [3.05, 3.63) is 46.9 Å². The Balaban J connectivity index is 1.49. The van der Waals surface area contributed by atoms with Crippen molar-refractivity contribution in [3.63, 3.8) is 0 Å². The number of pyridine rings is 1. The van der Waals surface area contributed by atoms with Crippen molar-refractivity contribution in [2.24, 2.45) is 4.99 Å². The van der Waals surface area contributed by atoms with Crippen LogP contribution in [0.2, 0.25) is 5.02 Å². The fourth-order valence-electron chi connectivity index (χ4n) is 3.55. The lowest BCUT2D eigenvalue weighted by atomic mass is 10.2. The molecule has 0 unspecified atom stereocenters. The number of hydroxylamine groups is 1. The molecule has 0 amide bonds. The second kappa shape index (κ2) is 9.59. The molecule has 31 heavy (non-hydrogen) atoms. The van der Waals surface area contributed by atoms with Gasteiger partial charge in [-0.3, -0.25) is 10.7 Å². The van der Waals surface area contributed by atoms with Crippen molar-refractivity contribution in [1.82, 2.24) is 25.3 Å². The Hall–Kier alpha value is -2.75. The number of imidazole rings is 1. The van der Waals surface area contributed by atoms with Gasteiger partial charge in [-0.25, -0.2) is 14.4 Å². The minimum atomic E-state index is -0.533. The number of amidine groups is 1. The van der Waals surface area contributed by atoms with Gasteiger partial charge in [-0.05, 0) is 50.1 Å². The molecule has 4 N–H and O–H groups in total. The summed E-state index contributed by atoms with van der Waals surface area (Å²) in [6.07, 6.45) is 5.22. The van der Waals surface area contributed by atoms with E-state index in [4.69, 9.17) is 11.6 Å². The lowest BCUT2D eigenvalue weighted by Crippen LogP contribution is -2.28. The number of anilines is 1. The predicted octanol–water partition coefficient (Wildman–Crippen LogP) is 4.09. The van der Waals surface area contributed by atoms with Gasteiger partial charge in [0, 0.05) is 30.9 Å².